The average molecular weight is 586 g/mol. The van der Waals surface area contributed by atoms with E-state index in [1.54, 1.807) is 4.90 Å². The fraction of sp³-hybridized carbons (Fsp3) is 0.485. The first-order chi connectivity index (χ1) is 20.9. The molecule has 3 heterocycles. The van der Waals surface area contributed by atoms with Crippen LogP contribution in [0.4, 0.5) is 4.79 Å². The van der Waals surface area contributed by atoms with Crippen molar-refractivity contribution in [3.05, 3.63) is 70.8 Å². The maximum absolute atomic E-state index is 13.8. The van der Waals surface area contributed by atoms with Crippen molar-refractivity contribution in [2.24, 2.45) is 17.6 Å². The standard InChI is InChI=1S/C33H43N7O3/c1-21(26-20-35-27-10-3-2-9-25(26)27)30(31(41)36-19-23-8-6-7-22(17-23)18-34)38-32(42)39-15-13-24(14-16-39)40-29-12-5-4-11-28(29)37-33(40)43/h2-5,9-12,20-24,30,35H,6-8,13-19,34H2,1H3,(H,36,41)(H,37,43)(H,38,42)/t21-,22-,23+,30+/m0/s1. The Balaban J connectivity index is 1.15. The quantitative estimate of drug-likeness (QED) is 0.211. The molecule has 228 valence electrons. The first kappa shape index (κ1) is 29.0. The minimum absolute atomic E-state index is 0.00443. The third kappa shape index (κ3) is 6.06. The summed E-state index contributed by atoms with van der Waals surface area (Å²) in [5.74, 6) is 0.490. The number of aromatic nitrogens is 3. The number of likely N-dealkylation sites (tertiary alicyclic amines) is 1. The number of nitrogens with zero attached hydrogens (tertiary/aromatic N) is 2. The van der Waals surface area contributed by atoms with Gasteiger partial charge in [-0.25, -0.2) is 9.59 Å². The molecule has 0 bridgehead atoms. The molecule has 4 atom stereocenters. The van der Waals surface area contributed by atoms with Crippen molar-refractivity contribution >= 4 is 33.9 Å². The van der Waals surface area contributed by atoms with E-state index in [0.717, 1.165) is 53.2 Å². The van der Waals surface area contributed by atoms with E-state index in [0.29, 0.717) is 50.9 Å². The van der Waals surface area contributed by atoms with Crippen LogP contribution in [-0.4, -0.2) is 63.6 Å². The van der Waals surface area contributed by atoms with Crippen LogP contribution in [0.3, 0.4) is 0 Å². The summed E-state index contributed by atoms with van der Waals surface area (Å²) in [6.07, 6.45) is 7.67. The van der Waals surface area contributed by atoms with Gasteiger partial charge in [-0.1, -0.05) is 43.7 Å². The highest BCUT2D eigenvalue weighted by molar-refractivity contribution is 5.90. The highest BCUT2D eigenvalue weighted by Crippen LogP contribution is 2.30. The summed E-state index contributed by atoms with van der Waals surface area (Å²) in [6.45, 7) is 4.28. The lowest BCUT2D eigenvalue weighted by Gasteiger charge is -2.34. The Labute approximate surface area is 251 Å². The van der Waals surface area contributed by atoms with Crippen molar-refractivity contribution in [1.29, 1.82) is 0 Å². The van der Waals surface area contributed by atoms with Gasteiger partial charge in [0.2, 0.25) is 5.91 Å². The van der Waals surface area contributed by atoms with Crippen molar-refractivity contribution < 1.29 is 9.59 Å². The number of para-hydroxylation sites is 3. The highest BCUT2D eigenvalue weighted by atomic mass is 16.2. The summed E-state index contributed by atoms with van der Waals surface area (Å²) in [4.78, 5) is 48.2. The van der Waals surface area contributed by atoms with Crippen LogP contribution in [0.1, 0.15) is 63.0 Å². The smallest absolute Gasteiger partial charge is 0.326 e. The van der Waals surface area contributed by atoms with Crippen LogP contribution in [0, 0.1) is 11.8 Å². The number of urea groups is 1. The Kier molecular flexibility index (Phi) is 8.56. The van der Waals surface area contributed by atoms with Gasteiger partial charge in [0, 0.05) is 48.7 Å². The van der Waals surface area contributed by atoms with Gasteiger partial charge in [0.05, 0.1) is 11.0 Å². The van der Waals surface area contributed by atoms with Gasteiger partial charge in [0.1, 0.15) is 6.04 Å². The number of piperidine rings is 1. The van der Waals surface area contributed by atoms with E-state index in [4.69, 9.17) is 5.73 Å². The number of nitrogens with one attached hydrogen (secondary N) is 4. The Morgan fingerprint density at radius 3 is 2.51 bits per heavy atom. The Hall–Kier alpha value is -4.05. The van der Waals surface area contributed by atoms with E-state index >= 15 is 0 Å². The molecular formula is C33H43N7O3. The van der Waals surface area contributed by atoms with E-state index in [1.807, 2.05) is 66.2 Å². The Bertz CT molecular complexity index is 1630. The number of carbonyl (C=O) groups is 2. The lowest BCUT2D eigenvalue weighted by Crippen LogP contribution is -2.55. The zero-order valence-corrected chi connectivity index (χ0v) is 24.9. The normalized spacial score (nSPS) is 21.1. The number of fused-ring (bicyclic) bond motifs is 2. The number of hydrogen-bond acceptors (Lipinski definition) is 4. The van der Waals surface area contributed by atoms with E-state index in [2.05, 4.69) is 20.6 Å². The molecule has 2 aromatic carbocycles. The van der Waals surface area contributed by atoms with E-state index in [-0.39, 0.29) is 29.6 Å². The molecule has 0 unspecified atom stereocenters. The van der Waals surface area contributed by atoms with Crippen molar-refractivity contribution in [2.75, 3.05) is 26.2 Å². The van der Waals surface area contributed by atoms with Gasteiger partial charge in [0.15, 0.2) is 0 Å². The summed E-state index contributed by atoms with van der Waals surface area (Å²) in [5.41, 5.74) is 9.52. The van der Waals surface area contributed by atoms with Gasteiger partial charge in [0.25, 0.3) is 0 Å². The van der Waals surface area contributed by atoms with Crippen molar-refractivity contribution in [3.8, 4) is 0 Å². The predicted octanol–water partition coefficient (Wildman–Crippen LogP) is 4.21. The largest absolute Gasteiger partial charge is 0.361 e. The lowest BCUT2D eigenvalue weighted by molar-refractivity contribution is -0.123. The summed E-state index contributed by atoms with van der Waals surface area (Å²) in [5, 5.41) is 7.33. The molecule has 3 amide bonds. The monoisotopic (exact) mass is 585 g/mol. The van der Waals surface area contributed by atoms with E-state index in [9.17, 15) is 14.4 Å². The third-order valence-corrected chi connectivity index (χ3v) is 9.70. The van der Waals surface area contributed by atoms with E-state index < -0.39 is 6.04 Å². The molecular weight excluding hydrogens is 542 g/mol. The molecule has 10 nitrogen and oxygen atoms in total. The van der Waals surface area contributed by atoms with Crippen LogP contribution < -0.4 is 22.1 Å². The van der Waals surface area contributed by atoms with Gasteiger partial charge in [-0.2, -0.15) is 0 Å². The van der Waals surface area contributed by atoms with Crippen LogP contribution in [0.15, 0.2) is 59.5 Å². The van der Waals surface area contributed by atoms with Crippen molar-refractivity contribution in [1.82, 2.24) is 30.1 Å². The SMILES string of the molecule is C[C@@H](c1c[nH]c2ccccc12)[C@@H](NC(=O)N1CCC(n2c(=O)[nH]c3ccccc32)CC1)C(=O)NC[C@@H]1CCC[C@H](CN)C1. The third-order valence-electron chi connectivity index (χ3n) is 9.70. The second kappa shape index (κ2) is 12.7. The minimum atomic E-state index is -0.741. The molecule has 4 aromatic rings. The van der Waals surface area contributed by atoms with Gasteiger partial charge >= 0.3 is 11.7 Å². The number of rotatable bonds is 8. The molecule has 2 aliphatic rings. The lowest BCUT2D eigenvalue weighted by atomic mass is 9.81. The number of nitrogens with two attached hydrogens (primary N) is 1. The molecule has 10 heteroatoms. The van der Waals surface area contributed by atoms with Gasteiger partial charge in [-0.05, 0) is 74.2 Å². The predicted molar refractivity (Wildman–Crippen MR) is 169 cm³/mol. The molecule has 6 rings (SSSR count). The maximum Gasteiger partial charge on any atom is 0.326 e. The molecule has 43 heavy (non-hydrogen) atoms. The second-order valence-electron chi connectivity index (χ2n) is 12.4. The number of carbonyl (C=O) groups excluding carboxylic acids is 2. The average Bonchev–Trinajstić information content (AvgIpc) is 3.62. The summed E-state index contributed by atoms with van der Waals surface area (Å²) in [6, 6.07) is 14.7. The fourth-order valence-electron chi connectivity index (χ4n) is 7.21. The highest BCUT2D eigenvalue weighted by Gasteiger charge is 2.33. The second-order valence-corrected chi connectivity index (χ2v) is 12.4. The molecule has 1 aliphatic heterocycles. The van der Waals surface area contributed by atoms with E-state index in [1.165, 1.54) is 0 Å². The molecule has 6 N–H and O–H groups in total. The van der Waals surface area contributed by atoms with Crippen LogP contribution in [0.2, 0.25) is 0 Å². The Morgan fingerprint density at radius 2 is 1.72 bits per heavy atom. The number of benzene rings is 2. The van der Waals surface area contributed by atoms with Gasteiger partial charge < -0.3 is 31.2 Å². The summed E-state index contributed by atoms with van der Waals surface area (Å²) in [7, 11) is 0. The first-order valence-corrected chi connectivity index (χ1v) is 15.7. The summed E-state index contributed by atoms with van der Waals surface area (Å²) < 4.78 is 1.82. The van der Waals surface area contributed by atoms with Crippen LogP contribution in [-0.2, 0) is 4.79 Å². The molecule has 1 saturated carbocycles. The van der Waals surface area contributed by atoms with Gasteiger partial charge in [-0.3, -0.25) is 9.36 Å². The molecule has 2 aromatic heterocycles. The molecule has 0 spiro atoms. The number of imidazole rings is 1. The van der Waals surface area contributed by atoms with Crippen molar-refractivity contribution in [3.63, 3.8) is 0 Å². The molecule has 2 fully saturated rings. The van der Waals surface area contributed by atoms with Crippen LogP contribution in [0.25, 0.3) is 21.9 Å². The maximum atomic E-state index is 13.8. The molecule has 1 aliphatic carbocycles. The number of aromatic amines is 2. The van der Waals surface area contributed by atoms with Crippen LogP contribution in [0.5, 0.6) is 0 Å². The zero-order valence-electron chi connectivity index (χ0n) is 24.9. The molecule has 1 saturated heterocycles. The molecule has 0 radical (unpaired) electrons. The number of hydrogen-bond donors (Lipinski definition) is 5. The topological polar surface area (TPSA) is 141 Å². The van der Waals surface area contributed by atoms with Crippen molar-refractivity contribution in [2.45, 2.75) is 63.5 Å². The van der Waals surface area contributed by atoms with Crippen LogP contribution >= 0.6 is 0 Å². The zero-order chi connectivity index (χ0) is 29.9. The Morgan fingerprint density at radius 1 is 1.00 bits per heavy atom. The number of H-pyrrole nitrogens is 2. The number of amides is 3. The fourth-order valence-corrected chi connectivity index (χ4v) is 7.21. The summed E-state index contributed by atoms with van der Waals surface area (Å²) >= 11 is 0. The minimum Gasteiger partial charge on any atom is -0.361 e. The first-order valence-electron chi connectivity index (χ1n) is 15.7. The van der Waals surface area contributed by atoms with Gasteiger partial charge in [-0.15, -0.1) is 0 Å².